The van der Waals surface area contributed by atoms with Crippen molar-refractivity contribution in [3.05, 3.63) is 18.0 Å². The van der Waals surface area contributed by atoms with Gasteiger partial charge in [0.25, 0.3) is 0 Å². The van der Waals surface area contributed by atoms with Crippen molar-refractivity contribution >= 4 is 11.8 Å². The fourth-order valence-electron chi connectivity index (χ4n) is 1.52. The van der Waals surface area contributed by atoms with Gasteiger partial charge in [0.2, 0.25) is 11.8 Å². The van der Waals surface area contributed by atoms with Crippen LogP contribution in [0.25, 0.3) is 0 Å². The molecule has 1 fully saturated rings. The van der Waals surface area contributed by atoms with Crippen LogP contribution < -0.4 is 5.32 Å². The first-order valence-corrected chi connectivity index (χ1v) is 4.64. The quantitative estimate of drug-likeness (QED) is 0.714. The van der Waals surface area contributed by atoms with Crippen LogP contribution in [0.3, 0.4) is 0 Å². The lowest BCUT2D eigenvalue weighted by atomic mass is 10.2. The average molecular weight is 209 g/mol. The zero-order valence-corrected chi connectivity index (χ0v) is 8.27. The van der Waals surface area contributed by atoms with Gasteiger partial charge in [0, 0.05) is 6.07 Å². The minimum Gasteiger partial charge on any atom is -0.360 e. The molecule has 1 aliphatic heterocycles. The normalized spacial score (nSPS) is 21.7. The molecule has 15 heavy (non-hydrogen) atoms. The van der Waals surface area contributed by atoms with E-state index in [9.17, 15) is 9.59 Å². The van der Waals surface area contributed by atoms with E-state index in [2.05, 4.69) is 10.5 Å². The molecule has 0 bridgehead atoms. The largest absolute Gasteiger partial charge is 0.360 e. The van der Waals surface area contributed by atoms with Crippen LogP contribution in [-0.2, 0) is 16.1 Å². The second-order valence-electron chi connectivity index (χ2n) is 3.46. The summed E-state index contributed by atoms with van der Waals surface area (Å²) in [5, 5.41) is 6.10. The maximum atomic E-state index is 11.6. The number of hydrogen-bond donors (Lipinski definition) is 1. The van der Waals surface area contributed by atoms with Gasteiger partial charge in [-0.3, -0.25) is 9.59 Å². The minimum absolute atomic E-state index is 0.0733. The number of nitrogens with one attached hydrogen (secondary N) is 1. The first-order valence-electron chi connectivity index (χ1n) is 4.64. The smallest absolute Gasteiger partial charge is 0.245 e. The number of amides is 2. The summed E-state index contributed by atoms with van der Waals surface area (Å²) in [6.45, 7) is 2.02. The number of rotatable bonds is 2. The second-order valence-corrected chi connectivity index (χ2v) is 3.46. The Bertz CT molecular complexity index is 374. The van der Waals surface area contributed by atoms with Crippen LogP contribution in [0.4, 0.5) is 0 Å². The fourth-order valence-corrected chi connectivity index (χ4v) is 1.52. The Morgan fingerprint density at radius 2 is 2.47 bits per heavy atom. The van der Waals surface area contributed by atoms with Crippen LogP contribution in [0.5, 0.6) is 0 Å². The van der Waals surface area contributed by atoms with Gasteiger partial charge in [-0.2, -0.15) is 0 Å². The van der Waals surface area contributed by atoms with Crippen LogP contribution in [-0.4, -0.2) is 34.5 Å². The Hall–Kier alpha value is -1.85. The number of hydrogen-bond acceptors (Lipinski definition) is 4. The molecule has 0 aromatic carbocycles. The average Bonchev–Trinajstić information content (AvgIpc) is 2.66. The van der Waals surface area contributed by atoms with E-state index in [1.54, 1.807) is 13.0 Å². The second kappa shape index (κ2) is 3.72. The zero-order chi connectivity index (χ0) is 10.8. The lowest BCUT2D eigenvalue weighted by Crippen LogP contribution is -2.56. The summed E-state index contributed by atoms with van der Waals surface area (Å²) in [5.41, 5.74) is 0. The maximum Gasteiger partial charge on any atom is 0.245 e. The molecule has 1 N–H and O–H groups in total. The molecule has 2 heterocycles. The highest BCUT2D eigenvalue weighted by Gasteiger charge is 2.29. The Morgan fingerprint density at radius 1 is 1.67 bits per heavy atom. The van der Waals surface area contributed by atoms with Crippen LogP contribution >= 0.6 is 0 Å². The highest BCUT2D eigenvalue weighted by atomic mass is 16.5. The van der Waals surface area contributed by atoms with Crippen LogP contribution in [0.15, 0.2) is 16.8 Å². The molecule has 2 amide bonds. The van der Waals surface area contributed by atoms with E-state index in [1.165, 1.54) is 11.1 Å². The monoisotopic (exact) mass is 209 g/mol. The van der Waals surface area contributed by atoms with Gasteiger partial charge in [0.1, 0.15) is 12.6 Å². The molecular formula is C9H11N3O3. The Morgan fingerprint density at radius 3 is 3.13 bits per heavy atom. The molecule has 80 valence electrons. The van der Waals surface area contributed by atoms with Gasteiger partial charge in [0.05, 0.1) is 12.7 Å². The molecule has 6 nitrogen and oxygen atoms in total. The van der Waals surface area contributed by atoms with E-state index < -0.39 is 6.04 Å². The van der Waals surface area contributed by atoms with Crippen molar-refractivity contribution < 1.29 is 14.1 Å². The van der Waals surface area contributed by atoms with Crippen molar-refractivity contribution in [2.45, 2.75) is 19.5 Å². The zero-order valence-electron chi connectivity index (χ0n) is 8.27. The number of carbonyl (C=O) groups is 2. The number of nitrogens with zero attached hydrogens (tertiary/aromatic N) is 2. The van der Waals surface area contributed by atoms with Crippen LogP contribution in [0.2, 0.25) is 0 Å². The van der Waals surface area contributed by atoms with Gasteiger partial charge >= 0.3 is 0 Å². The van der Waals surface area contributed by atoms with Gasteiger partial charge in [-0.05, 0) is 6.92 Å². The van der Waals surface area contributed by atoms with E-state index in [0.717, 1.165) is 0 Å². The van der Waals surface area contributed by atoms with Crippen molar-refractivity contribution in [1.29, 1.82) is 0 Å². The van der Waals surface area contributed by atoms with Gasteiger partial charge in [0.15, 0.2) is 5.76 Å². The molecule has 1 saturated heterocycles. The molecule has 1 aromatic rings. The maximum absolute atomic E-state index is 11.6. The van der Waals surface area contributed by atoms with E-state index in [4.69, 9.17) is 4.52 Å². The lowest BCUT2D eigenvalue weighted by molar-refractivity contribution is -0.144. The van der Waals surface area contributed by atoms with Gasteiger partial charge in [-0.15, -0.1) is 0 Å². The Balaban J connectivity index is 2.07. The molecule has 0 saturated carbocycles. The molecule has 0 spiro atoms. The number of carbonyl (C=O) groups excluding carboxylic acids is 2. The van der Waals surface area contributed by atoms with E-state index >= 15 is 0 Å². The predicted octanol–water partition coefficient (Wildman–Crippen LogP) is -0.479. The Kier molecular flexibility index (Phi) is 2.40. The van der Waals surface area contributed by atoms with Crippen molar-refractivity contribution in [3.8, 4) is 0 Å². The van der Waals surface area contributed by atoms with Crippen molar-refractivity contribution in [2.24, 2.45) is 0 Å². The number of aromatic nitrogens is 1. The highest BCUT2D eigenvalue weighted by molar-refractivity contribution is 5.94. The fraction of sp³-hybridized carbons (Fsp3) is 0.444. The third-order valence-corrected chi connectivity index (χ3v) is 2.23. The summed E-state index contributed by atoms with van der Waals surface area (Å²) in [4.78, 5) is 24.3. The SMILES string of the molecule is CC1NC(=O)CN(Cc2ccno2)C1=O. The molecule has 1 unspecified atom stereocenters. The molecular weight excluding hydrogens is 198 g/mol. The minimum atomic E-state index is -0.464. The summed E-state index contributed by atoms with van der Waals surface area (Å²) in [7, 11) is 0. The third-order valence-electron chi connectivity index (χ3n) is 2.23. The Labute approximate surface area is 86.2 Å². The summed E-state index contributed by atoms with van der Waals surface area (Å²) in [6, 6.07) is 1.21. The topological polar surface area (TPSA) is 75.4 Å². The first kappa shape index (κ1) is 9.70. The summed E-state index contributed by atoms with van der Waals surface area (Å²) >= 11 is 0. The van der Waals surface area contributed by atoms with E-state index in [0.29, 0.717) is 5.76 Å². The molecule has 1 aliphatic rings. The van der Waals surface area contributed by atoms with Crippen molar-refractivity contribution in [3.63, 3.8) is 0 Å². The molecule has 0 radical (unpaired) electrons. The highest BCUT2D eigenvalue weighted by Crippen LogP contribution is 2.08. The molecule has 6 heteroatoms. The van der Waals surface area contributed by atoms with Gasteiger partial charge < -0.3 is 14.7 Å². The van der Waals surface area contributed by atoms with E-state index in [-0.39, 0.29) is 24.9 Å². The van der Waals surface area contributed by atoms with Crippen LogP contribution in [0.1, 0.15) is 12.7 Å². The molecule has 1 aromatic heterocycles. The summed E-state index contributed by atoms with van der Waals surface area (Å²) in [5.74, 6) is 0.317. The molecule has 2 rings (SSSR count). The molecule has 0 aliphatic carbocycles. The first-order chi connectivity index (χ1) is 7.16. The van der Waals surface area contributed by atoms with Crippen molar-refractivity contribution in [1.82, 2.24) is 15.4 Å². The number of piperazine rings is 1. The van der Waals surface area contributed by atoms with Gasteiger partial charge in [-0.1, -0.05) is 5.16 Å². The van der Waals surface area contributed by atoms with Crippen molar-refractivity contribution in [2.75, 3.05) is 6.54 Å². The predicted molar refractivity (Wildman–Crippen MR) is 49.5 cm³/mol. The summed E-state index contributed by atoms with van der Waals surface area (Å²) in [6.07, 6.45) is 1.51. The van der Waals surface area contributed by atoms with Gasteiger partial charge in [-0.25, -0.2) is 0 Å². The van der Waals surface area contributed by atoms with Crippen LogP contribution in [0, 0.1) is 0 Å². The summed E-state index contributed by atoms with van der Waals surface area (Å²) < 4.78 is 4.88. The third kappa shape index (κ3) is 1.98. The lowest BCUT2D eigenvalue weighted by Gasteiger charge is -2.29. The van der Waals surface area contributed by atoms with E-state index in [1.807, 2.05) is 0 Å². The molecule has 1 atom stereocenters. The standard InChI is InChI=1S/C9H11N3O3/c1-6-9(14)12(5-8(13)11-6)4-7-2-3-10-15-7/h2-3,6H,4-5H2,1H3,(H,11,13).